The van der Waals surface area contributed by atoms with Crippen molar-refractivity contribution < 1.29 is 28.3 Å². The van der Waals surface area contributed by atoms with Crippen LogP contribution in [-0.4, -0.2) is 40.5 Å². The summed E-state index contributed by atoms with van der Waals surface area (Å²) in [6, 6.07) is 19.0. The van der Waals surface area contributed by atoms with Crippen molar-refractivity contribution in [2.75, 3.05) is 10.8 Å². The van der Waals surface area contributed by atoms with Crippen LogP contribution in [0.5, 0.6) is 0 Å². The highest BCUT2D eigenvalue weighted by Gasteiger charge is 2.61. The molecule has 2 amide bonds. The number of esters is 1. The first-order valence-electron chi connectivity index (χ1n) is 14.9. The van der Waals surface area contributed by atoms with Crippen LogP contribution >= 0.6 is 27.5 Å². The first-order valence-corrected chi connectivity index (χ1v) is 16.2. The van der Waals surface area contributed by atoms with Crippen LogP contribution in [-0.2, 0) is 14.3 Å². The molecule has 3 fully saturated rings. The molecule has 1 aromatic heterocycles. The molecular weight excluding hydrogens is 663 g/mol. The van der Waals surface area contributed by atoms with E-state index in [-0.39, 0.29) is 47.1 Å². The summed E-state index contributed by atoms with van der Waals surface area (Å²) < 4.78 is 19.9. The predicted octanol–water partition coefficient (Wildman–Crippen LogP) is 7.38. The van der Waals surface area contributed by atoms with Gasteiger partial charge in [0.05, 0.1) is 34.3 Å². The van der Waals surface area contributed by atoms with Crippen LogP contribution in [0.25, 0.3) is 22.2 Å². The molecule has 1 saturated heterocycles. The van der Waals surface area contributed by atoms with Gasteiger partial charge in [0.15, 0.2) is 6.10 Å². The number of rotatable bonds is 8. The molecular formula is C35H27BrClFN2O5. The molecule has 7 rings (SSSR count). The van der Waals surface area contributed by atoms with Gasteiger partial charge in [0, 0.05) is 33.3 Å². The second kappa shape index (κ2) is 11.8. The molecule has 4 aromatic rings. The van der Waals surface area contributed by atoms with Crippen LogP contribution in [0.2, 0.25) is 0 Å². The van der Waals surface area contributed by atoms with Crippen LogP contribution in [0.3, 0.4) is 0 Å². The van der Waals surface area contributed by atoms with Crippen molar-refractivity contribution in [1.29, 1.82) is 0 Å². The number of hydrogen-bond donors (Lipinski definition) is 0. The average Bonchev–Trinajstić information content (AvgIpc) is 3.73. The van der Waals surface area contributed by atoms with E-state index in [1.165, 1.54) is 29.2 Å². The van der Waals surface area contributed by atoms with Crippen LogP contribution < -0.4 is 4.90 Å². The summed E-state index contributed by atoms with van der Waals surface area (Å²) in [5.41, 5.74) is 2.58. The Hall–Kier alpha value is -3.95. The summed E-state index contributed by atoms with van der Waals surface area (Å²) in [4.78, 5) is 59.6. The molecule has 2 aliphatic carbocycles. The van der Waals surface area contributed by atoms with Gasteiger partial charge in [0.25, 0.3) is 0 Å². The SMILES string of the molecule is O=C(OC(CCCl)C(=O)c1ccc(F)cc1)c1cc(-c2ccc(N3C(=O)C4C5CCC(C5)C4C3=O)cc2)nc2ccc(Br)cc12. The van der Waals surface area contributed by atoms with E-state index in [0.717, 1.165) is 23.7 Å². The molecule has 5 atom stereocenters. The summed E-state index contributed by atoms with van der Waals surface area (Å²) in [5.74, 6) is -1.66. The minimum Gasteiger partial charge on any atom is -0.450 e. The van der Waals surface area contributed by atoms with Crippen molar-refractivity contribution in [2.45, 2.75) is 31.8 Å². The molecule has 10 heteroatoms. The van der Waals surface area contributed by atoms with Gasteiger partial charge in [-0.15, -0.1) is 11.6 Å². The molecule has 2 heterocycles. The number of halogens is 3. The summed E-state index contributed by atoms with van der Waals surface area (Å²) in [6.45, 7) is 0. The van der Waals surface area contributed by atoms with Crippen molar-refractivity contribution >= 4 is 67.7 Å². The van der Waals surface area contributed by atoms with E-state index in [1.807, 2.05) is 0 Å². The quantitative estimate of drug-likeness (QED) is 0.0830. The monoisotopic (exact) mass is 688 g/mol. The van der Waals surface area contributed by atoms with Crippen molar-refractivity contribution in [1.82, 2.24) is 4.98 Å². The Morgan fingerprint density at radius 1 is 0.956 bits per heavy atom. The fourth-order valence-electron chi connectivity index (χ4n) is 7.29. The highest BCUT2D eigenvalue weighted by atomic mass is 79.9. The molecule has 2 bridgehead atoms. The van der Waals surface area contributed by atoms with Gasteiger partial charge < -0.3 is 4.74 Å². The summed E-state index contributed by atoms with van der Waals surface area (Å²) >= 11 is 9.41. The van der Waals surface area contributed by atoms with Crippen molar-refractivity contribution in [3.63, 3.8) is 0 Å². The van der Waals surface area contributed by atoms with Crippen LogP contribution in [0.4, 0.5) is 10.1 Å². The number of Topliss-reactive ketones (excluding diaryl/α,β-unsaturated/α-hetero) is 1. The van der Waals surface area contributed by atoms with E-state index < -0.39 is 23.7 Å². The number of nitrogens with zero attached hydrogens (tertiary/aromatic N) is 2. The summed E-state index contributed by atoms with van der Waals surface area (Å²) in [5, 5.41) is 0.517. The van der Waals surface area contributed by atoms with Gasteiger partial charge in [-0.1, -0.05) is 28.1 Å². The van der Waals surface area contributed by atoms with Gasteiger partial charge in [-0.3, -0.25) is 19.3 Å². The number of pyridine rings is 1. The topological polar surface area (TPSA) is 93.6 Å². The van der Waals surface area contributed by atoms with E-state index >= 15 is 0 Å². The zero-order chi connectivity index (χ0) is 31.4. The Balaban J connectivity index is 1.19. The molecule has 3 aromatic carbocycles. The standard InChI is InChI=1S/C35H27BrClFN2O5/c36-22-7-12-27-25(16-22)26(35(44)45-29(13-14-37)32(41)19-3-8-23(38)9-4-19)17-28(39-27)18-5-10-24(11-6-18)40-33(42)30-20-1-2-21(15-20)31(30)34(40)43/h3-12,16-17,20-21,29-31H,1-2,13-15H2. The number of alkyl halides is 1. The Kier molecular flexibility index (Phi) is 7.78. The molecule has 3 aliphatic rings. The maximum Gasteiger partial charge on any atom is 0.339 e. The second-order valence-electron chi connectivity index (χ2n) is 11.9. The van der Waals surface area contributed by atoms with Crippen LogP contribution in [0, 0.1) is 29.5 Å². The van der Waals surface area contributed by atoms with Gasteiger partial charge in [-0.2, -0.15) is 0 Å². The van der Waals surface area contributed by atoms with E-state index in [0.29, 0.717) is 39.7 Å². The zero-order valence-corrected chi connectivity index (χ0v) is 26.3. The highest BCUT2D eigenvalue weighted by Crippen LogP contribution is 2.56. The maximum atomic E-state index is 13.7. The number of aromatic nitrogens is 1. The van der Waals surface area contributed by atoms with E-state index in [2.05, 4.69) is 15.9 Å². The van der Waals surface area contributed by atoms with Gasteiger partial charge in [-0.05, 0) is 91.8 Å². The molecule has 7 nitrogen and oxygen atoms in total. The van der Waals surface area contributed by atoms with Crippen LogP contribution in [0.1, 0.15) is 46.4 Å². The van der Waals surface area contributed by atoms with Crippen molar-refractivity contribution in [3.05, 3.63) is 94.2 Å². The molecule has 1 aliphatic heterocycles. The van der Waals surface area contributed by atoms with Crippen molar-refractivity contribution in [2.24, 2.45) is 23.7 Å². The minimum absolute atomic E-state index is 0.0654. The number of anilines is 1. The van der Waals surface area contributed by atoms with Gasteiger partial charge in [-0.25, -0.2) is 14.2 Å². The molecule has 0 radical (unpaired) electrons. The number of ketones is 1. The smallest absolute Gasteiger partial charge is 0.339 e. The third-order valence-corrected chi connectivity index (χ3v) is 10.1. The van der Waals surface area contributed by atoms with E-state index in [4.69, 9.17) is 21.3 Å². The number of fused-ring (bicyclic) bond motifs is 6. The van der Waals surface area contributed by atoms with Crippen LogP contribution in [0.15, 0.2) is 77.3 Å². The Bertz CT molecular complexity index is 1840. The number of hydrogen-bond acceptors (Lipinski definition) is 6. The van der Waals surface area contributed by atoms with E-state index in [9.17, 15) is 23.6 Å². The number of carbonyl (C=O) groups excluding carboxylic acids is 4. The highest BCUT2D eigenvalue weighted by molar-refractivity contribution is 9.10. The molecule has 228 valence electrons. The lowest BCUT2D eigenvalue weighted by atomic mass is 9.81. The van der Waals surface area contributed by atoms with Gasteiger partial charge in [0.1, 0.15) is 5.82 Å². The minimum atomic E-state index is -1.18. The summed E-state index contributed by atoms with van der Waals surface area (Å²) in [7, 11) is 0. The number of ether oxygens (including phenoxy) is 1. The number of imide groups is 1. The lowest BCUT2D eigenvalue weighted by molar-refractivity contribution is -0.123. The van der Waals surface area contributed by atoms with Gasteiger partial charge in [0.2, 0.25) is 17.6 Å². The lowest BCUT2D eigenvalue weighted by Gasteiger charge is -2.19. The third-order valence-electron chi connectivity index (χ3n) is 9.38. The lowest BCUT2D eigenvalue weighted by Crippen LogP contribution is -2.32. The maximum absolute atomic E-state index is 13.7. The number of amides is 2. The molecule has 0 spiro atoms. The predicted molar refractivity (Wildman–Crippen MR) is 170 cm³/mol. The molecule has 5 unspecified atom stereocenters. The number of carbonyl (C=O) groups is 4. The van der Waals surface area contributed by atoms with E-state index in [1.54, 1.807) is 48.5 Å². The zero-order valence-electron chi connectivity index (χ0n) is 23.9. The largest absolute Gasteiger partial charge is 0.450 e. The number of benzene rings is 3. The first-order chi connectivity index (χ1) is 21.7. The van der Waals surface area contributed by atoms with Gasteiger partial charge >= 0.3 is 5.97 Å². The average molecular weight is 690 g/mol. The molecule has 45 heavy (non-hydrogen) atoms. The third kappa shape index (κ3) is 5.25. The Labute approximate surface area is 271 Å². The first kappa shape index (κ1) is 29.7. The second-order valence-corrected chi connectivity index (χ2v) is 13.2. The van der Waals surface area contributed by atoms with Crippen molar-refractivity contribution in [3.8, 4) is 11.3 Å². The molecule has 0 N–H and O–H groups in total. The fourth-order valence-corrected chi connectivity index (χ4v) is 7.85. The summed E-state index contributed by atoms with van der Waals surface area (Å²) in [6.07, 6.45) is 1.89. The normalized spacial score (nSPS) is 22.6. The molecule has 2 saturated carbocycles. The Morgan fingerprint density at radius 2 is 1.62 bits per heavy atom. The Morgan fingerprint density at radius 3 is 2.27 bits per heavy atom. The fraction of sp³-hybridized carbons (Fsp3) is 0.286.